The molecule has 0 aliphatic rings. The van der Waals surface area contributed by atoms with Crippen LogP contribution in [-0.2, 0) is 10.5 Å². The average Bonchev–Trinajstić information content (AvgIpc) is 2.60. The number of nitrogens with one attached hydrogen (secondary N) is 2. The first kappa shape index (κ1) is 19.3. The number of carbonyl (C=O) groups excluding carboxylic acids is 1. The Balaban J connectivity index is 1.92. The first-order valence-electron chi connectivity index (χ1n) is 6.70. The zero-order chi connectivity index (χ0) is 18.6. The van der Waals surface area contributed by atoms with Gasteiger partial charge in [-0.1, -0.05) is 29.8 Å². The number of rotatable bonds is 6. The molecule has 1 amide bonds. The number of hydrazine groups is 1. The average molecular weight is 397 g/mol. The van der Waals surface area contributed by atoms with Gasteiger partial charge in [0.05, 0.1) is 5.75 Å². The summed E-state index contributed by atoms with van der Waals surface area (Å²) in [4.78, 5) is 11.6. The van der Waals surface area contributed by atoms with Crippen molar-refractivity contribution in [3.05, 3.63) is 63.9 Å². The lowest BCUT2D eigenvalue weighted by Gasteiger charge is -2.12. The number of hydrogen-bond acceptors (Lipinski definition) is 3. The van der Waals surface area contributed by atoms with Gasteiger partial charge in [0.2, 0.25) is 11.7 Å². The summed E-state index contributed by atoms with van der Waals surface area (Å²) in [6.07, 6.45) is 0. The molecule has 0 spiro atoms. The van der Waals surface area contributed by atoms with Crippen LogP contribution in [0.15, 0.2) is 24.3 Å². The molecule has 0 radical (unpaired) electrons. The maximum Gasteiger partial charge on any atom is 0.248 e. The first-order chi connectivity index (χ1) is 11.8. The van der Waals surface area contributed by atoms with Crippen molar-refractivity contribution < 1.29 is 26.7 Å². The van der Waals surface area contributed by atoms with Crippen LogP contribution < -0.4 is 10.9 Å². The van der Waals surface area contributed by atoms with E-state index in [9.17, 15) is 26.7 Å². The molecule has 134 valence electrons. The molecule has 0 saturated heterocycles. The van der Waals surface area contributed by atoms with E-state index in [-0.39, 0.29) is 5.75 Å². The van der Waals surface area contributed by atoms with Crippen LogP contribution in [0.3, 0.4) is 0 Å². The third-order valence-electron chi connectivity index (χ3n) is 2.99. The van der Waals surface area contributed by atoms with Crippen LogP contribution in [0.5, 0.6) is 0 Å². The molecule has 0 unspecified atom stereocenters. The molecule has 0 aliphatic carbocycles. The lowest BCUT2D eigenvalue weighted by molar-refractivity contribution is -0.118. The summed E-state index contributed by atoms with van der Waals surface area (Å²) in [7, 11) is 0. The van der Waals surface area contributed by atoms with Gasteiger partial charge < -0.3 is 0 Å². The molecule has 2 aromatic carbocycles. The molecule has 3 nitrogen and oxygen atoms in total. The summed E-state index contributed by atoms with van der Waals surface area (Å²) < 4.78 is 65.8. The second-order valence-electron chi connectivity index (χ2n) is 4.70. The molecule has 0 atom stereocenters. The molecular weight excluding hydrogens is 387 g/mol. The van der Waals surface area contributed by atoms with Crippen LogP contribution in [-0.4, -0.2) is 11.7 Å². The van der Waals surface area contributed by atoms with Crippen LogP contribution in [0.2, 0.25) is 5.02 Å². The number of benzene rings is 2. The van der Waals surface area contributed by atoms with E-state index in [0.29, 0.717) is 10.8 Å². The monoisotopic (exact) mass is 396 g/mol. The fraction of sp³-hybridized carbons (Fsp3) is 0.133. The number of amides is 1. The van der Waals surface area contributed by atoms with Gasteiger partial charge in [-0.15, -0.1) is 11.8 Å². The van der Waals surface area contributed by atoms with Crippen LogP contribution in [0.1, 0.15) is 5.56 Å². The molecule has 2 N–H and O–H groups in total. The minimum absolute atomic E-state index is 0.131. The predicted octanol–water partition coefficient (Wildman–Crippen LogP) is 4.41. The fourth-order valence-corrected chi connectivity index (χ4v) is 2.87. The molecule has 2 rings (SSSR count). The smallest absolute Gasteiger partial charge is 0.248 e. The third kappa shape index (κ3) is 4.55. The number of anilines is 1. The van der Waals surface area contributed by atoms with Crippen molar-refractivity contribution in [3.63, 3.8) is 0 Å². The summed E-state index contributed by atoms with van der Waals surface area (Å²) in [5.74, 6) is -11.1. The zero-order valence-electron chi connectivity index (χ0n) is 12.3. The van der Waals surface area contributed by atoms with E-state index in [1.165, 1.54) is 0 Å². The second kappa shape index (κ2) is 8.39. The Morgan fingerprint density at radius 3 is 2.12 bits per heavy atom. The van der Waals surface area contributed by atoms with Crippen LogP contribution in [0.4, 0.5) is 27.6 Å². The molecule has 0 saturated carbocycles. The zero-order valence-corrected chi connectivity index (χ0v) is 13.9. The van der Waals surface area contributed by atoms with E-state index in [2.05, 4.69) is 0 Å². The maximum absolute atomic E-state index is 13.4. The van der Waals surface area contributed by atoms with Crippen molar-refractivity contribution in [1.82, 2.24) is 5.43 Å². The number of carbonyl (C=O) groups is 1. The number of halogens is 6. The summed E-state index contributed by atoms with van der Waals surface area (Å²) in [5, 5.41) is 0.523. The lowest BCUT2D eigenvalue weighted by atomic mass is 10.2. The van der Waals surface area contributed by atoms with Crippen LogP contribution in [0.25, 0.3) is 0 Å². The Hall–Kier alpha value is -2.00. The van der Waals surface area contributed by atoms with Crippen molar-refractivity contribution in [2.75, 3.05) is 11.2 Å². The Labute approximate surface area is 148 Å². The predicted molar refractivity (Wildman–Crippen MR) is 85.6 cm³/mol. The molecule has 0 fully saturated rings. The van der Waals surface area contributed by atoms with E-state index < -0.39 is 40.7 Å². The van der Waals surface area contributed by atoms with Crippen LogP contribution >= 0.6 is 23.4 Å². The molecule has 25 heavy (non-hydrogen) atoms. The van der Waals surface area contributed by atoms with Gasteiger partial charge in [-0.25, -0.2) is 22.0 Å². The fourth-order valence-electron chi connectivity index (χ4n) is 1.75. The molecule has 2 aromatic rings. The van der Waals surface area contributed by atoms with E-state index in [1.54, 1.807) is 29.7 Å². The van der Waals surface area contributed by atoms with Gasteiger partial charge in [0, 0.05) is 10.8 Å². The maximum atomic E-state index is 13.4. The van der Waals surface area contributed by atoms with Crippen molar-refractivity contribution in [1.29, 1.82) is 0 Å². The molecule has 10 heteroatoms. The van der Waals surface area contributed by atoms with E-state index >= 15 is 0 Å². The molecular formula is C15H10ClF5N2OS. The third-order valence-corrected chi connectivity index (χ3v) is 4.34. The van der Waals surface area contributed by atoms with Crippen molar-refractivity contribution >= 4 is 35.0 Å². The molecule has 0 bridgehead atoms. The Kier molecular flexibility index (Phi) is 6.49. The minimum atomic E-state index is -2.28. The van der Waals surface area contributed by atoms with E-state index in [4.69, 9.17) is 11.6 Å². The normalized spacial score (nSPS) is 10.6. The van der Waals surface area contributed by atoms with Crippen molar-refractivity contribution in [2.24, 2.45) is 0 Å². The summed E-state index contributed by atoms with van der Waals surface area (Å²) in [6, 6.07) is 6.96. The number of thioether (sulfide) groups is 1. The highest BCUT2D eigenvalue weighted by atomic mass is 35.5. The quantitative estimate of drug-likeness (QED) is 0.329. The van der Waals surface area contributed by atoms with E-state index in [1.807, 2.05) is 5.43 Å². The summed E-state index contributed by atoms with van der Waals surface area (Å²) >= 11 is 7.10. The standard InChI is InChI=1S/C15H10ClF5N2OS/c16-8-4-2-1-3-7(8)5-25-6-9(24)22-23-15-13(20)11(18)10(17)12(19)14(15)21/h1-4,23H,5-6H2,(H,22,24). The minimum Gasteiger partial charge on any atom is -0.293 e. The van der Waals surface area contributed by atoms with Gasteiger partial charge in [0.1, 0.15) is 5.69 Å². The Bertz CT molecular complexity index is 777. The topological polar surface area (TPSA) is 41.1 Å². The van der Waals surface area contributed by atoms with Crippen molar-refractivity contribution in [3.8, 4) is 0 Å². The lowest BCUT2D eigenvalue weighted by Crippen LogP contribution is -2.32. The SMILES string of the molecule is O=C(CSCc1ccccc1Cl)NNc1c(F)c(F)c(F)c(F)c1F. The van der Waals surface area contributed by atoms with Crippen LogP contribution in [0, 0.1) is 29.1 Å². The molecule has 0 aliphatic heterocycles. The summed E-state index contributed by atoms with van der Waals surface area (Å²) in [6.45, 7) is 0. The number of hydrogen-bond donors (Lipinski definition) is 2. The first-order valence-corrected chi connectivity index (χ1v) is 8.23. The Morgan fingerprint density at radius 1 is 0.960 bits per heavy atom. The molecule has 0 heterocycles. The molecule has 0 aromatic heterocycles. The summed E-state index contributed by atoms with van der Waals surface area (Å²) in [5.41, 5.74) is 3.05. The van der Waals surface area contributed by atoms with Gasteiger partial charge in [0.25, 0.3) is 0 Å². The highest BCUT2D eigenvalue weighted by Crippen LogP contribution is 2.26. The highest BCUT2D eigenvalue weighted by Gasteiger charge is 2.25. The Morgan fingerprint density at radius 2 is 1.52 bits per heavy atom. The second-order valence-corrected chi connectivity index (χ2v) is 6.10. The van der Waals surface area contributed by atoms with Gasteiger partial charge in [0.15, 0.2) is 23.3 Å². The highest BCUT2D eigenvalue weighted by molar-refractivity contribution is 7.99. The van der Waals surface area contributed by atoms with Gasteiger partial charge in [-0.05, 0) is 11.6 Å². The van der Waals surface area contributed by atoms with Crippen molar-refractivity contribution in [2.45, 2.75) is 5.75 Å². The van der Waals surface area contributed by atoms with Gasteiger partial charge >= 0.3 is 0 Å². The van der Waals surface area contributed by atoms with E-state index in [0.717, 1.165) is 17.3 Å². The largest absolute Gasteiger partial charge is 0.293 e. The van der Waals surface area contributed by atoms with Gasteiger partial charge in [-0.2, -0.15) is 0 Å². The van der Waals surface area contributed by atoms with Gasteiger partial charge in [-0.3, -0.25) is 15.6 Å².